The zero-order valence-corrected chi connectivity index (χ0v) is 8.25. The molecule has 13 heavy (non-hydrogen) atoms. The van der Waals surface area contributed by atoms with Crippen LogP contribution in [0.15, 0.2) is 18.3 Å². The van der Waals surface area contributed by atoms with E-state index in [1.165, 1.54) is 17.7 Å². The highest BCUT2D eigenvalue weighted by Gasteiger charge is 2.38. The molecule has 1 aromatic rings. The molecule has 1 saturated carbocycles. The Bertz CT molecular complexity index is 279. The van der Waals surface area contributed by atoms with Crippen LogP contribution in [0, 0.1) is 12.8 Å². The van der Waals surface area contributed by atoms with E-state index in [1.54, 1.807) is 0 Å². The molecular formula is C11H16N2. The van der Waals surface area contributed by atoms with E-state index in [0.29, 0.717) is 5.92 Å². The molecule has 1 heterocycles. The van der Waals surface area contributed by atoms with Gasteiger partial charge in [0.25, 0.3) is 0 Å². The Morgan fingerprint density at radius 3 is 3.00 bits per heavy atom. The first-order valence-electron chi connectivity index (χ1n) is 4.88. The number of nitrogens with zero attached hydrogens (tertiary/aromatic N) is 1. The second-order valence-corrected chi connectivity index (χ2v) is 3.92. The van der Waals surface area contributed by atoms with Crippen molar-refractivity contribution in [1.29, 1.82) is 0 Å². The lowest BCUT2D eigenvalue weighted by molar-refractivity contribution is 0.693. The maximum Gasteiger partial charge on any atom is 0.0438 e. The lowest BCUT2D eigenvalue weighted by atomic mass is 10.2. The van der Waals surface area contributed by atoms with Gasteiger partial charge in [0.05, 0.1) is 0 Å². The summed E-state index contributed by atoms with van der Waals surface area (Å²) < 4.78 is 0. The number of aromatic nitrogens is 1. The van der Waals surface area contributed by atoms with Gasteiger partial charge in [-0.15, -0.1) is 0 Å². The van der Waals surface area contributed by atoms with Gasteiger partial charge in [0.1, 0.15) is 0 Å². The third-order valence-corrected chi connectivity index (χ3v) is 2.70. The predicted octanol–water partition coefficient (Wildman–Crippen LogP) is 1.71. The lowest BCUT2D eigenvalue weighted by Crippen LogP contribution is -2.10. The molecule has 0 amide bonds. The Balaban J connectivity index is 2.00. The Morgan fingerprint density at radius 2 is 2.38 bits per heavy atom. The first-order valence-corrected chi connectivity index (χ1v) is 4.88. The third kappa shape index (κ3) is 1.89. The number of aryl methyl sites for hydroxylation is 1. The normalized spacial score (nSPS) is 26.0. The number of hydrogen-bond donors (Lipinski definition) is 1. The number of rotatable bonds is 3. The van der Waals surface area contributed by atoms with Gasteiger partial charge in [0.2, 0.25) is 0 Å². The fourth-order valence-corrected chi connectivity index (χ4v) is 1.80. The minimum atomic E-state index is 0.716. The van der Waals surface area contributed by atoms with E-state index >= 15 is 0 Å². The minimum absolute atomic E-state index is 0.716. The van der Waals surface area contributed by atoms with Gasteiger partial charge in [-0.25, -0.2) is 0 Å². The van der Waals surface area contributed by atoms with Gasteiger partial charge in [-0.1, -0.05) is 6.07 Å². The summed E-state index contributed by atoms with van der Waals surface area (Å²) in [4.78, 5) is 4.44. The highest BCUT2D eigenvalue weighted by Crippen LogP contribution is 2.45. The SMILES string of the molecule is CNCC1CC1c1ccc(C)cn1. The van der Waals surface area contributed by atoms with Gasteiger partial charge in [0, 0.05) is 17.8 Å². The summed E-state index contributed by atoms with van der Waals surface area (Å²) in [5.41, 5.74) is 2.51. The van der Waals surface area contributed by atoms with Gasteiger partial charge in [-0.05, 0) is 44.5 Å². The molecule has 1 fully saturated rings. The zero-order valence-electron chi connectivity index (χ0n) is 8.25. The third-order valence-electron chi connectivity index (χ3n) is 2.70. The second kappa shape index (κ2) is 3.46. The quantitative estimate of drug-likeness (QED) is 0.758. The summed E-state index contributed by atoms with van der Waals surface area (Å²) >= 11 is 0. The van der Waals surface area contributed by atoms with E-state index < -0.39 is 0 Å². The monoisotopic (exact) mass is 176 g/mol. The average Bonchev–Trinajstić information content (AvgIpc) is 2.86. The molecule has 70 valence electrons. The Morgan fingerprint density at radius 1 is 1.54 bits per heavy atom. The molecule has 1 aliphatic carbocycles. The second-order valence-electron chi connectivity index (χ2n) is 3.92. The maximum atomic E-state index is 4.44. The van der Waals surface area contributed by atoms with E-state index in [2.05, 4.69) is 29.4 Å². The molecule has 2 unspecified atom stereocenters. The molecular weight excluding hydrogens is 160 g/mol. The number of nitrogens with one attached hydrogen (secondary N) is 1. The zero-order chi connectivity index (χ0) is 9.26. The van der Waals surface area contributed by atoms with Crippen LogP contribution in [0.1, 0.15) is 23.6 Å². The van der Waals surface area contributed by atoms with E-state index in [9.17, 15) is 0 Å². The van der Waals surface area contributed by atoms with Crippen LogP contribution in [0.25, 0.3) is 0 Å². The van der Waals surface area contributed by atoms with Gasteiger partial charge in [-0.2, -0.15) is 0 Å². The van der Waals surface area contributed by atoms with Gasteiger partial charge in [-0.3, -0.25) is 4.98 Å². The smallest absolute Gasteiger partial charge is 0.0438 e. The number of pyridine rings is 1. The molecule has 1 N–H and O–H groups in total. The van der Waals surface area contributed by atoms with Crippen LogP contribution in [0.4, 0.5) is 0 Å². The molecule has 0 saturated heterocycles. The van der Waals surface area contributed by atoms with E-state index in [0.717, 1.165) is 12.5 Å². The summed E-state index contributed by atoms with van der Waals surface area (Å²) in [5.74, 6) is 1.54. The largest absolute Gasteiger partial charge is 0.319 e. The fraction of sp³-hybridized carbons (Fsp3) is 0.545. The van der Waals surface area contributed by atoms with Crippen LogP contribution in [0.2, 0.25) is 0 Å². The van der Waals surface area contributed by atoms with Crippen molar-refractivity contribution >= 4 is 0 Å². The van der Waals surface area contributed by atoms with Crippen molar-refractivity contribution in [2.24, 2.45) is 5.92 Å². The number of hydrogen-bond acceptors (Lipinski definition) is 2. The van der Waals surface area contributed by atoms with Crippen LogP contribution >= 0.6 is 0 Å². The van der Waals surface area contributed by atoms with Gasteiger partial charge >= 0.3 is 0 Å². The van der Waals surface area contributed by atoms with Crippen molar-refractivity contribution in [2.75, 3.05) is 13.6 Å². The van der Waals surface area contributed by atoms with E-state index in [4.69, 9.17) is 0 Å². The van der Waals surface area contributed by atoms with Crippen LogP contribution in [0.3, 0.4) is 0 Å². The molecule has 2 rings (SSSR count). The van der Waals surface area contributed by atoms with Crippen molar-refractivity contribution in [3.63, 3.8) is 0 Å². The van der Waals surface area contributed by atoms with Gasteiger partial charge < -0.3 is 5.32 Å². The first-order chi connectivity index (χ1) is 6.31. The van der Waals surface area contributed by atoms with Crippen LogP contribution in [0.5, 0.6) is 0 Å². The van der Waals surface area contributed by atoms with E-state index in [1.807, 2.05) is 13.2 Å². The maximum absolute atomic E-state index is 4.44. The molecule has 0 aromatic carbocycles. The van der Waals surface area contributed by atoms with Crippen LogP contribution in [-0.2, 0) is 0 Å². The molecule has 0 radical (unpaired) electrons. The molecule has 0 spiro atoms. The summed E-state index contributed by atoms with van der Waals surface area (Å²) in [6, 6.07) is 4.31. The topological polar surface area (TPSA) is 24.9 Å². The molecule has 2 heteroatoms. The van der Waals surface area contributed by atoms with Crippen LogP contribution in [-0.4, -0.2) is 18.6 Å². The Labute approximate surface area is 79.4 Å². The fourth-order valence-electron chi connectivity index (χ4n) is 1.80. The summed E-state index contributed by atoms with van der Waals surface area (Å²) in [7, 11) is 2.01. The van der Waals surface area contributed by atoms with Gasteiger partial charge in [0.15, 0.2) is 0 Å². The molecule has 0 bridgehead atoms. The molecule has 2 atom stereocenters. The van der Waals surface area contributed by atoms with Crippen molar-refractivity contribution in [3.05, 3.63) is 29.6 Å². The summed E-state index contributed by atoms with van der Waals surface area (Å²) in [5, 5.41) is 3.21. The molecule has 2 nitrogen and oxygen atoms in total. The highest BCUT2D eigenvalue weighted by atomic mass is 14.8. The summed E-state index contributed by atoms with van der Waals surface area (Å²) in [6.45, 7) is 3.20. The standard InChI is InChI=1S/C11H16N2/c1-8-3-4-11(13-6-8)10-5-9(10)7-12-2/h3-4,6,9-10,12H,5,7H2,1-2H3. The van der Waals surface area contributed by atoms with Crippen molar-refractivity contribution in [2.45, 2.75) is 19.3 Å². The molecule has 0 aliphatic heterocycles. The van der Waals surface area contributed by atoms with E-state index in [-0.39, 0.29) is 0 Å². The Kier molecular flexibility index (Phi) is 2.32. The molecule has 1 aliphatic rings. The van der Waals surface area contributed by atoms with Crippen molar-refractivity contribution in [1.82, 2.24) is 10.3 Å². The Hall–Kier alpha value is -0.890. The molecule has 1 aromatic heterocycles. The summed E-state index contributed by atoms with van der Waals surface area (Å²) in [6.07, 6.45) is 3.26. The first kappa shape index (κ1) is 8.70. The average molecular weight is 176 g/mol. The highest BCUT2D eigenvalue weighted by molar-refractivity contribution is 5.21. The van der Waals surface area contributed by atoms with Crippen molar-refractivity contribution in [3.8, 4) is 0 Å². The minimum Gasteiger partial charge on any atom is -0.319 e. The predicted molar refractivity (Wildman–Crippen MR) is 53.7 cm³/mol. The van der Waals surface area contributed by atoms with Crippen LogP contribution < -0.4 is 5.32 Å². The van der Waals surface area contributed by atoms with Crippen molar-refractivity contribution < 1.29 is 0 Å². The lowest BCUT2D eigenvalue weighted by Gasteiger charge is -1.99.